The van der Waals surface area contributed by atoms with Crippen LogP contribution in [0.15, 0.2) is 24.3 Å². The molecule has 4 N–H and O–H groups in total. The number of nitrogens with zero attached hydrogens (tertiary/aromatic N) is 1. The molecule has 1 amide bonds. The van der Waals surface area contributed by atoms with Crippen LogP contribution in [-0.4, -0.2) is 28.4 Å². The van der Waals surface area contributed by atoms with E-state index < -0.39 is 6.04 Å². The molecule has 124 valence electrons. The van der Waals surface area contributed by atoms with Gasteiger partial charge >= 0.3 is 0 Å². The standard InChI is InChI=1S/C17H24N4OS/c1-11-6-4-5-7-14(11)10-23-9-8-19-17(22)16(18)15-12(2)20-21-13(15)3/h4-7,16H,8-10,18H2,1-3H3,(H,19,22)(H,20,21)/t16-/m0/s1. The molecule has 1 atom stereocenters. The lowest BCUT2D eigenvalue weighted by molar-refractivity contribution is -0.122. The first kappa shape index (κ1) is 17.6. The number of nitrogens with one attached hydrogen (secondary N) is 2. The lowest BCUT2D eigenvalue weighted by Gasteiger charge is -2.13. The molecule has 6 heteroatoms. The molecular formula is C17H24N4OS. The van der Waals surface area contributed by atoms with Crippen LogP contribution in [-0.2, 0) is 10.5 Å². The second-order valence-electron chi connectivity index (χ2n) is 5.60. The average Bonchev–Trinajstić information content (AvgIpc) is 2.86. The predicted octanol–water partition coefficient (Wildman–Crippen LogP) is 2.38. The van der Waals surface area contributed by atoms with E-state index >= 15 is 0 Å². The highest BCUT2D eigenvalue weighted by atomic mass is 32.2. The number of aromatic amines is 1. The molecule has 2 rings (SSSR count). The number of aryl methyl sites for hydroxylation is 3. The molecule has 0 aliphatic rings. The van der Waals surface area contributed by atoms with Gasteiger partial charge in [0, 0.05) is 29.3 Å². The van der Waals surface area contributed by atoms with Gasteiger partial charge in [-0.2, -0.15) is 16.9 Å². The predicted molar refractivity (Wildman–Crippen MR) is 95.3 cm³/mol. The molecule has 0 saturated carbocycles. The molecule has 5 nitrogen and oxygen atoms in total. The number of carbonyl (C=O) groups is 1. The number of benzene rings is 1. The van der Waals surface area contributed by atoms with Crippen LogP contribution in [0.5, 0.6) is 0 Å². The normalized spacial score (nSPS) is 12.2. The van der Waals surface area contributed by atoms with Crippen LogP contribution < -0.4 is 11.1 Å². The highest BCUT2D eigenvalue weighted by Crippen LogP contribution is 2.18. The maximum atomic E-state index is 12.1. The Morgan fingerprint density at radius 3 is 2.74 bits per heavy atom. The van der Waals surface area contributed by atoms with Crippen molar-refractivity contribution < 1.29 is 4.79 Å². The number of nitrogens with two attached hydrogens (primary N) is 1. The minimum absolute atomic E-state index is 0.158. The number of hydrogen-bond donors (Lipinski definition) is 3. The second kappa shape index (κ2) is 8.17. The average molecular weight is 332 g/mol. The molecule has 0 spiro atoms. The quantitative estimate of drug-likeness (QED) is 0.680. The molecule has 0 bridgehead atoms. The van der Waals surface area contributed by atoms with Gasteiger partial charge in [-0.05, 0) is 31.9 Å². The summed E-state index contributed by atoms with van der Waals surface area (Å²) in [7, 11) is 0. The minimum atomic E-state index is -0.671. The molecular weight excluding hydrogens is 308 g/mol. The molecule has 1 aromatic heterocycles. The molecule has 0 unspecified atom stereocenters. The van der Waals surface area contributed by atoms with Gasteiger partial charge in [-0.15, -0.1) is 0 Å². The molecule has 23 heavy (non-hydrogen) atoms. The third-order valence-electron chi connectivity index (χ3n) is 3.84. The Morgan fingerprint density at radius 2 is 2.09 bits per heavy atom. The largest absolute Gasteiger partial charge is 0.354 e. The summed E-state index contributed by atoms with van der Waals surface area (Å²) < 4.78 is 0. The summed E-state index contributed by atoms with van der Waals surface area (Å²) in [6.07, 6.45) is 0. The van der Waals surface area contributed by atoms with E-state index in [2.05, 4.69) is 40.6 Å². The van der Waals surface area contributed by atoms with Crippen LogP contribution in [0, 0.1) is 20.8 Å². The van der Waals surface area contributed by atoms with E-state index in [9.17, 15) is 4.79 Å². The minimum Gasteiger partial charge on any atom is -0.354 e. The third kappa shape index (κ3) is 4.59. The molecule has 0 fully saturated rings. The van der Waals surface area contributed by atoms with Gasteiger partial charge in [-0.3, -0.25) is 9.89 Å². The monoisotopic (exact) mass is 332 g/mol. The first-order valence-electron chi connectivity index (χ1n) is 7.67. The number of H-pyrrole nitrogens is 1. The van der Waals surface area contributed by atoms with Gasteiger partial charge in [0.2, 0.25) is 5.91 Å². The van der Waals surface area contributed by atoms with Crippen LogP contribution in [0.2, 0.25) is 0 Å². The Balaban J connectivity index is 1.74. The first-order valence-corrected chi connectivity index (χ1v) is 8.83. The fraction of sp³-hybridized carbons (Fsp3) is 0.412. The molecule has 0 saturated heterocycles. The van der Waals surface area contributed by atoms with Gasteiger partial charge in [-0.1, -0.05) is 24.3 Å². The van der Waals surface area contributed by atoms with Crippen LogP contribution in [0.3, 0.4) is 0 Å². The van der Waals surface area contributed by atoms with Crippen molar-refractivity contribution >= 4 is 17.7 Å². The number of rotatable bonds is 7. The Morgan fingerprint density at radius 1 is 1.35 bits per heavy atom. The molecule has 2 aromatic rings. The zero-order valence-electron chi connectivity index (χ0n) is 13.8. The summed E-state index contributed by atoms with van der Waals surface area (Å²) in [5.74, 6) is 1.65. The number of aromatic nitrogens is 2. The molecule has 0 aliphatic heterocycles. The van der Waals surface area contributed by atoms with E-state index in [0.29, 0.717) is 6.54 Å². The third-order valence-corrected chi connectivity index (χ3v) is 4.85. The van der Waals surface area contributed by atoms with Crippen molar-refractivity contribution in [1.29, 1.82) is 0 Å². The number of carbonyl (C=O) groups excluding carboxylic acids is 1. The van der Waals surface area contributed by atoms with Gasteiger partial charge < -0.3 is 11.1 Å². The van der Waals surface area contributed by atoms with E-state index in [1.165, 1.54) is 11.1 Å². The van der Waals surface area contributed by atoms with Crippen LogP contribution in [0.4, 0.5) is 0 Å². The first-order chi connectivity index (χ1) is 11.0. The smallest absolute Gasteiger partial charge is 0.241 e. The van der Waals surface area contributed by atoms with Crippen LogP contribution >= 0.6 is 11.8 Å². The van der Waals surface area contributed by atoms with Crippen LogP contribution in [0.1, 0.15) is 34.1 Å². The number of hydrogen-bond acceptors (Lipinski definition) is 4. The van der Waals surface area contributed by atoms with E-state index in [-0.39, 0.29) is 5.91 Å². The zero-order valence-corrected chi connectivity index (χ0v) is 14.7. The number of amides is 1. The van der Waals surface area contributed by atoms with E-state index in [1.807, 2.05) is 19.9 Å². The Bertz CT molecular complexity index is 649. The highest BCUT2D eigenvalue weighted by molar-refractivity contribution is 7.98. The van der Waals surface area contributed by atoms with Gasteiger partial charge in [0.25, 0.3) is 0 Å². The molecule has 1 aromatic carbocycles. The zero-order chi connectivity index (χ0) is 16.8. The highest BCUT2D eigenvalue weighted by Gasteiger charge is 2.21. The fourth-order valence-electron chi connectivity index (χ4n) is 2.46. The van der Waals surface area contributed by atoms with Crippen molar-refractivity contribution in [3.63, 3.8) is 0 Å². The molecule has 0 radical (unpaired) electrons. The van der Waals surface area contributed by atoms with E-state index in [0.717, 1.165) is 28.5 Å². The number of thioether (sulfide) groups is 1. The van der Waals surface area contributed by atoms with Crippen molar-refractivity contribution in [2.75, 3.05) is 12.3 Å². The summed E-state index contributed by atoms with van der Waals surface area (Å²) in [5, 5.41) is 9.84. The Labute approximate surface area is 141 Å². The van der Waals surface area contributed by atoms with E-state index in [1.54, 1.807) is 11.8 Å². The maximum absolute atomic E-state index is 12.1. The van der Waals surface area contributed by atoms with Crippen molar-refractivity contribution in [2.24, 2.45) is 5.73 Å². The van der Waals surface area contributed by atoms with Gasteiger partial charge in [-0.25, -0.2) is 0 Å². The summed E-state index contributed by atoms with van der Waals surface area (Å²) >= 11 is 1.80. The summed E-state index contributed by atoms with van der Waals surface area (Å²) in [6, 6.07) is 7.69. The van der Waals surface area contributed by atoms with Crippen molar-refractivity contribution in [2.45, 2.75) is 32.6 Å². The van der Waals surface area contributed by atoms with Crippen LogP contribution in [0.25, 0.3) is 0 Å². The maximum Gasteiger partial charge on any atom is 0.241 e. The van der Waals surface area contributed by atoms with Crippen molar-refractivity contribution in [1.82, 2.24) is 15.5 Å². The van der Waals surface area contributed by atoms with Gasteiger partial charge in [0.1, 0.15) is 6.04 Å². The SMILES string of the molecule is Cc1ccccc1CSCCNC(=O)[C@@H](N)c1c(C)n[nH]c1C. The lowest BCUT2D eigenvalue weighted by Crippen LogP contribution is -2.35. The Hall–Kier alpha value is -1.79. The lowest BCUT2D eigenvalue weighted by atomic mass is 10.1. The summed E-state index contributed by atoms with van der Waals surface area (Å²) in [6.45, 7) is 6.45. The molecule has 0 aliphatic carbocycles. The van der Waals surface area contributed by atoms with Gasteiger partial charge in [0.05, 0.1) is 5.69 Å². The Kier molecular flexibility index (Phi) is 6.24. The summed E-state index contributed by atoms with van der Waals surface area (Å²) in [4.78, 5) is 12.1. The fourth-order valence-corrected chi connectivity index (χ4v) is 3.39. The summed E-state index contributed by atoms with van der Waals surface area (Å²) in [5.41, 5.74) is 11.1. The van der Waals surface area contributed by atoms with E-state index in [4.69, 9.17) is 5.73 Å². The van der Waals surface area contributed by atoms with Crippen molar-refractivity contribution in [3.05, 3.63) is 52.3 Å². The van der Waals surface area contributed by atoms with Crippen molar-refractivity contribution in [3.8, 4) is 0 Å². The van der Waals surface area contributed by atoms with Gasteiger partial charge in [0.15, 0.2) is 0 Å². The second-order valence-corrected chi connectivity index (χ2v) is 6.70. The topological polar surface area (TPSA) is 83.8 Å². The molecule has 1 heterocycles.